The van der Waals surface area contributed by atoms with Crippen LogP contribution in [0.1, 0.15) is 24.2 Å². The first-order valence-electron chi connectivity index (χ1n) is 6.16. The monoisotopic (exact) mass is 281 g/mol. The molecular weight excluding hydrogens is 262 g/mol. The Morgan fingerprint density at radius 2 is 1.90 bits per heavy atom. The van der Waals surface area contributed by atoms with Gasteiger partial charge < -0.3 is 19.9 Å². The zero-order valence-corrected chi connectivity index (χ0v) is 12.0. The van der Waals surface area contributed by atoms with Gasteiger partial charge in [-0.15, -0.1) is 0 Å². The molecule has 1 rings (SSSR count). The standard InChI is InChI=1S/C14H19NO5/c1-8(2)12(14(18)20-4)15-13(17)9-5-6-11(19-3)10(16)7-9/h5-8,12,16H,1-4H3,(H,15,17). The number of methoxy groups -OCH3 is 2. The first-order chi connectivity index (χ1) is 9.40. The zero-order chi connectivity index (χ0) is 15.3. The SMILES string of the molecule is COC(=O)C(NC(=O)c1ccc(OC)c(O)c1)C(C)C. The summed E-state index contributed by atoms with van der Waals surface area (Å²) in [7, 11) is 2.68. The Morgan fingerprint density at radius 1 is 1.25 bits per heavy atom. The van der Waals surface area contributed by atoms with Crippen LogP contribution < -0.4 is 10.1 Å². The van der Waals surface area contributed by atoms with Crippen molar-refractivity contribution in [1.29, 1.82) is 0 Å². The van der Waals surface area contributed by atoms with E-state index in [1.54, 1.807) is 13.8 Å². The molecule has 1 aromatic carbocycles. The van der Waals surface area contributed by atoms with E-state index in [0.29, 0.717) is 0 Å². The van der Waals surface area contributed by atoms with Crippen LogP contribution in [0.5, 0.6) is 11.5 Å². The number of carbonyl (C=O) groups excluding carboxylic acids is 2. The highest BCUT2D eigenvalue weighted by Gasteiger charge is 2.25. The summed E-state index contributed by atoms with van der Waals surface area (Å²) in [5.74, 6) is -0.953. The Labute approximate surface area is 117 Å². The number of ether oxygens (including phenoxy) is 2. The van der Waals surface area contributed by atoms with Crippen molar-refractivity contribution < 1.29 is 24.2 Å². The second kappa shape index (κ2) is 6.79. The van der Waals surface area contributed by atoms with Crippen molar-refractivity contribution in [1.82, 2.24) is 5.32 Å². The Kier molecular flexibility index (Phi) is 5.37. The summed E-state index contributed by atoms with van der Waals surface area (Å²) in [6, 6.07) is 3.52. The topological polar surface area (TPSA) is 84.9 Å². The molecule has 0 spiro atoms. The summed E-state index contributed by atoms with van der Waals surface area (Å²) in [6.07, 6.45) is 0. The number of esters is 1. The third-order valence-corrected chi connectivity index (χ3v) is 2.85. The summed E-state index contributed by atoms with van der Waals surface area (Å²) in [5.41, 5.74) is 0.234. The molecule has 1 atom stereocenters. The van der Waals surface area contributed by atoms with Gasteiger partial charge in [0.15, 0.2) is 11.5 Å². The summed E-state index contributed by atoms with van der Waals surface area (Å²) < 4.78 is 9.55. The Hall–Kier alpha value is -2.24. The molecule has 0 saturated heterocycles. The van der Waals surface area contributed by atoms with E-state index >= 15 is 0 Å². The summed E-state index contributed by atoms with van der Waals surface area (Å²) in [6.45, 7) is 3.60. The lowest BCUT2D eigenvalue weighted by atomic mass is 10.0. The summed E-state index contributed by atoms with van der Waals surface area (Å²) in [4.78, 5) is 23.6. The van der Waals surface area contributed by atoms with E-state index in [1.165, 1.54) is 32.4 Å². The molecule has 0 fully saturated rings. The van der Waals surface area contributed by atoms with Crippen molar-refractivity contribution in [2.75, 3.05) is 14.2 Å². The normalized spacial score (nSPS) is 11.8. The lowest BCUT2D eigenvalue weighted by molar-refractivity contribution is -0.144. The van der Waals surface area contributed by atoms with Gasteiger partial charge in [0.25, 0.3) is 5.91 Å². The molecule has 1 unspecified atom stereocenters. The molecule has 0 aromatic heterocycles. The molecule has 0 aliphatic carbocycles. The Morgan fingerprint density at radius 3 is 2.35 bits per heavy atom. The van der Waals surface area contributed by atoms with Crippen LogP contribution in [-0.4, -0.2) is 37.2 Å². The van der Waals surface area contributed by atoms with E-state index in [-0.39, 0.29) is 23.0 Å². The maximum Gasteiger partial charge on any atom is 0.328 e. The molecule has 1 amide bonds. The number of amides is 1. The lowest BCUT2D eigenvalue weighted by Gasteiger charge is -2.19. The van der Waals surface area contributed by atoms with Crippen molar-refractivity contribution in [3.63, 3.8) is 0 Å². The molecule has 0 saturated carbocycles. The molecule has 0 radical (unpaired) electrons. The van der Waals surface area contributed by atoms with Crippen LogP contribution in [0, 0.1) is 5.92 Å². The van der Waals surface area contributed by atoms with Crippen LogP contribution in [0.15, 0.2) is 18.2 Å². The van der Waals surface area contributed by atoms with Crippen molar-refractivity contribution in [3.8, 4) is 11.5 Å². The number of hydrogen-bond acceptors (Lipinski definition) is 5. The van der Waals surface area contributed by atoms with Gasteiger partial charge in [-0.05, 0) is 24.1 Å². The predicted molar refractivity (Wildman–Crippen MR) is 72.8 cm³/mol. The average Bonchev–Trinajstić information content (AvgIpc) is 2.43. The van der Waals surface area contributed by atoms with Gasteiger partial charge in [-0.2, -0.15) is 0 Å². The minimum atomic E-state index is -0.739. The Balaban J connectivity index is 2.89. The molecule has 20 heavy (non-hydrogen) atoms. The average molecular weight is 281 g/mol. The van der Waals surface area contributed by atoms with E-state index in [4.69, 9.17) is 4.74 Å². The summed E-state index contributed by atoms with van der Waals surface area (Å²) in [5, 5.41) is 12.2. The number of phenols is 1. The quantitative estimate of drug-likeness (QED) is 0.795. The van der Waals surface area contributed by atoms with Crippen LogP contribution in [0.25, 0.3) is 0 Å². The molecule has 1 aromatic rings. The van der Waals surface area contributed by atoms with E-state index in [9.17, 15) is 14.7 Å². The van der Waals surface area contributed by atoms with Crippen LogP contribution in [0.3, 0.4) is 0 Å². The molecule has 2 N–H and O–H groups in total. The number of benzene rings is 1. The van der Waals surface area contributed by atoms with Crippen molar-refractivity contribution in [2.45, 2.75) is 19.9 Å². The lowest BCUT2D eigenvalue weighted by Crippen LogP contribution is -2.45. The maximum atomic E-state index is 12.1. The fourth-order valence-corrected chi connectivity index (χ4v) is 1.68. The minimum absolute atomic E-state index is 0.113. The number of carbonyl (C=O) groups is 2. The first-order valence-corrected chi connectivity index (χ1v) is 6.16. The van der Waals surface area contributed by atoms with Gasteiger partial charge in [-0.1, -0.05) is 13.8 Å². The number of hydrogen-bond donors (Lipinski definition) is 2. The van der Waals surface area contributed by atoms with Gasteiger partial charge in [-0.3, -0.25) is 4.79 Å². The highest BCUT2D eigenvalue weighted by molar-refractivity contribution is 5.97. The second-order valence-electron chi connectivity index (χ2n) is 4.60. The van der Waals surface area contributed by atoms with Crippen molar-refractivity contribution in [2.24, 2.45) is 5.92 Å². The molecule has 110 valence electrons. The van der Waals surface area contributed by atoms with Gasteiger partial charge in [0.1, 0.15) is 6.04 Å². The van der Waals surface area contributed by atoms with Gasteiger partial charge >= 0.3 is 5.97 Å². The van der Waals surface area contributed by atoms with Gasteiger partial charge in [0, 0.05) is 5.56 Å². The third-order valence-electron chi connectivity index (χ3n) is 2.85. The van der Waals surface area contributed by atoms with E-state index in [2.05, 4.69) is 10.1 Å². The number of rotatable bonds is 5. The van der Waals surface area contributed by atoms with Crippen LogP contribution in [0.2, 0.25) is 0 Å². The zero-order valence-electron chi connectivity index (χ0n) is 12.0. The van der Waals surface area contributed by atoms with Gasteiger partial charge in [-0.25, -0.2) is 4.79 Å². The fraction of sp³-hybridized carbons (Fsp3) is 0.429. The van der Waals surface area contributed by atoms with Crippen LogP contribution in [-0.2, 0) is 9.53 Å². The highest BCUT2D eigenvalue weighted by atomic mass is 16.5. The number of phenolic OH excluding ortho intramolecular Hbond substituents is 1. The largest absolute Gasteiger partial charge is 0.504 e. The molecule has 0 heterocycles. The van der Waals surface area contributed by atoms with E-state index in [0.717, 1.165) is 0 Å². The molecule has 6 nitrogen and oxygen atoms in total. The second-order valence-corrected chi connectivity index (χ2v) is 4.60. The van der Waals surface area contributed by atoms with Gasteiger partial charge in [0.05, 0.1) is 14.2 Å². The predicted octanol–water partition coefficient (Wildman–Crippen LogP) is 1.33. The van der Waals surface area contributed by atoms with E-state index < -0.39 is 17.9 Å². The minimum Gasteiger partial charge on any atom is -0.504 e. The molecule has 0 aliphatic rings. The number of nitrogens with one attached hydrogen (secondary N) is 1. The van der Waals surface area contributed by atoms with Crippen molar-refractivity contribution >= 4 is 11.9 Å². The van der Waals surface area contributed by atoms with Crippen LogP contribution in [0.4, 0.5) is 0 Å². The van der Waals surface area contributed by atoms with Crippen LogP contribution >= 0.6 is 0 Å². The van der Waals surface area contributed by atoms with Crippen molar-refractivity contribution in [3.05, 3.63) is 23.8 Å². The maximum absolute atomic E-state index is 12.1. The molecule has 0 bridgehead atoms. The molecule has 0 aliphatic heterocycles. The molecule has 6 heteroatoms. The van der Waals surface area contributed by atoms with E-state index in [1.807, 2.05) is 0 Å². The van der Waals surface area contributed by atoms with Gasteiger partial charge in [0.2, 0.25) is 0 Å². The Bertz CT molecular complexity index is 498. The first kappa shape index (κ1) is 15.8. The fourth-order valence-electron chi connectivity index (χ4n) is 1.68. The number of aromatic hydroxyl groups is 1. The highest BCUT2D eigenvalue weighted by Crippen LogP contribution is 2.26. The smallest absolute Gasteiger partial charge is 0.328 e. The molecular formula is C14H19NO5. The third kappa shape index (κ3) is 3.63. The summed E-state index contributed by atoms with van der Waals surface area (Å²) >= 11 is 0.